The van der Waals surface area contributed by atoms with E-state index in [0.29, 0.717) is 0 Å². The quantitative estimate of drug-likeness (QED) is 0.465. The van der Waals surface area contributed by atoms with Crippen LogP contribution in [-0.4, -0.2) is 0 Å². The fourth-order valence-corrected chi connectivity index (χ4v) is 3.53. The van der Waals surface area contributed by atoms with Crippen molar-refractivity contribution in [2.75, 3.05) is 0 Å². The van der Waals surface area contributed by atoms with Crippen molar-refractivity contribution < 1.29 is 0 Å². The zero-order valence-corrected chi connectivity index (χ0v) is 15.3. The predicted octanol–water partition coefficient (Wildman–Crippen LogP) is 7.52. The van der Waals surface area contributed by atoms with Crippen molar-refractivity contribution in [3.05, 3.63) is 90.0 Å². The van der Waals surface area contributed by atoms with Crippen molar-refractivity contribution in [2.45, 2.75) is 20.8 Å². The minimum Gasteiger partial charge on any atom is -0.0984 e. The van der Waals surface area contributed by atoms with Gasteiger partial charge in [-0.2, -0.15) is 0 Å². The molecule has 0 radical (unpaired) electrons. The van der Waals surface area contributed by atoms with Crippen LogP contribution in [0.15, 0.2) is 67.8 Å². The molecule has 0 N–H and O–H groups in total. The molecule has 3 aromatic carbocycles. The normalized spacial score (nSPS) is 11.6. The van der Waals surface area contributed by atoms with Gasteiger partial charge in [0.15, 0.2) is 0 Å². The molecule has 3 rings (SSSR count). The van der Waals surface area contributed by atoms with E-state index in [1.54, 1.807) is 0 Å². The van der Waals surface area contributed by atoms with E-state index in [2.05, 4.69) is 88.5 Å². The SMILES string of the molecule is C=Cc1c(C=C)c(-c2cccc(/C(C)=C/C)c2)c2ccccc2c1C. The van der Waals surface area contributed by atoms with Crippen LogP contribution in [0.3, 0.4) is 0 Å². The highest BCUT2D eigenvalue weighted by Crippen LogP contribution is 2.39. The van der Waals surface area contributed by atoms with Crippen LogP contribution in [0.2, 0.25) is 0 Å². The van der Waals surface area contributed by atoms with Gasteiger partial charge in [0.1, 0.15) is 0 Å². The number of aryl methyl sites for hydroxylation is 1. The average Bonchev–Trinajstić information content (AvgIpc) is 2.67. The minimum atomic E-state index is 1.15. The molecule has 0 aliphatic heterocycles. The lowest BCUT2D eigenvalue weighted by molar-refractivity contribution is 1.47. The van der Waals surface area contributed by atoms with E-state index in [1.807, 2.05) is 12.2 Å². The zero-order valence-electron chi connectivity index (χ0n) is 15.3. The van der Waals surface area contributed by atoms with Gasteiger partial charge in [-0.25, -0.2) is 0 Å². The second-order valence-corrected chi connectivity index (χ2v) is 6.33. The van der Waals surface area contributed by atoms with Gasteiger partial charge in [-0.1, -0.05) is 73.9 Å². The number of benzene rings is 3. The summed E-state index contributed by atoms with van der Waals surface area (Å²) in [5, 5.41) is 2.53. The minimum absolute atomic E-state index is 1.15. The van der Waals surface area contributed by atoms with Crippen LogP contribution in [-0.2, 0) is 0 Å². The topological polar surface area (TPSA) is 0 Å². The molecule has 0 heteroatoms. The molecule has 124 valence electrons. The van der Waals surface area contributed by atoms with Gasteiger partial charge in [-0.05, 0) is 76.6 Å². The van der Waals surface area contributed by atoms with Crippen LogP contribution in [0.5, 0.6) is 0 Å². The van der Waals surface area contributed by atoms with Crippen molar-refractivity contribution in [2.24, 2.45) is 0 Å². The Kier molecular flexibility index (Phi) is 4.72. The highest BCUT2D eigenvalue weighted by molar-refractivity contribution is 6.05. The summed E-state index contributed by atoms with van der Waals surface area (Å²) in [5.74, 6) is 0. The Morgan fingerprint density at radius 1 is 0.880 bits per heavy atom. The first kappa shape index (κ1) is 17.0. The molecule has 0 saturated carbocycles. The Balaban J connectivity index is 2.46. The summed E-state index contributed by atoms with van der Waals surface area (Å²) in [6.45, 7) is 14.5. The van der Waals surface area contributed by atoms with Crippen LogP contribution in [0.4, 0.5) is 0 Å². The van der Waals surface area contributed by atoms with Gasteiger partial charge >= 0.3 is 0 Å². The van der Waals surface area contributed by atoms with Gasteiger partial charge in [0.2, 0.25) is 0 Å². The monoisotopic (exact) mass is 324 g/mol. The van der Waals surface area contributed by atoms with Crippen molar-refractivity contribution in [1.82, 2.24) is 0 Å². The lowest BCUT2D eigenvalue weighted by atomic mass is 9.85. The Bertz CT molecular complexity index is 1000. The third-order valence-corrected chi connectivity index (χ3v) is 5.01. The molecule has 0 unspecified atom stereocenters. The van der Waals surface area contributed by atoms with Gasteiger partial charge < -0.3 is 0 Å². The molecule has 0 aliphatic rings. The van der Waals surface area contributed by atoms with E-state index in [4.69, 9.17) is 0 Å². The molecule has 0 spiro atoms. The fourth-order valence-electron chi connectivity index (χ4n) is 3.53. The Hall–Kier alpha value is -2.86. The van der Waals surface area contributed by atoms with E-state index in [0.717, 1.165) is 11.1 Å². The summed E-state index contributed by atoms with van der Waals surface area (Å²) in [5.41, 5.74) is 8.55. The first-order valence-electron chi connectivity index (χ1n) is 8.66. The van der Waals surface area contributed by atoms with Crippen molar-refractivity contribution in [1.29, 1.82) is 0 Å². The third kappa shape index (κ3) is 2.85. The van der Waals surface area contributed by atoms with Crippen LogP contribution in [0.25, 0.3) is 39.6 Å². The maximum absolute atomic E-state index is 4.09. The summed E-state index contributed by atoms with van der Waals surface area (Å²) in [7, 11) is 0. The van der Waals surface area contributed by atoms with E-state index in [1.165, 1.54) is 38.6 Å². The number of allylic oxidation sites excluding steroid dienone is 2. The zero-order chi connectivity index (χ0) is 18.0. The Morgan fingerprint density at radius 2 is 1.56 bits per heavy atom. The van der Waals surface area contributed by atoms with Crippen molar-refractivity contribution in [3.63, 3.8) is 0 Å². The molecular formula is C25H24. The molecule has 0 amide bonds. The third-order valence-electron chi connectivity index (χ3n) is 5.01. The van der Waals surface area contributed by atoms with Gasteiger partial charge in [-0.15, -0.1) is 0 Å². The molecule has 0 saturated heterocycles. The predicted molar refractivity (Wildman–Crippen MR) is 114 cm³/mol. The summed E-state index contributed by atoms with van der Waals surface area (Å²) >= 11 is 0. The lowest BCUT2D eigenvalue weighted by Crippen LogP contribution is -1.95. The van der Waals surface area contributed by atoms with Gasteiger partial charge in [-0.3, -0.25) is 0 Å². The molecular weight excluding hydrogens is 300 g/mol. The van der Waals surface area contributed by atoms with E-state index in [-0.39, 0.29) is 0 Å². The highest BCUT2D eigenvalue weighted by atomic mass is 14.2. The number of rotatable bonds is 4. The van der Waals surface area contributed by atoms with Gasteiger partial charge in [0.25, 0.3) is 0 Å². The molecule has 0 bridgehead atoms. The standard InChI is InChI=1S/C25H24/c1-6-17(4)19-12-11-13-20(16-19)25-22(8-3)21(7-2)18(5)23-14-9-10-15-24(23)25/h6-16H,2-3H2,1,4-5H3/b17-6+. The van der Waals surface area contributed by atoms with Crippen LogP contribution >= 0.6 is 0 Å². The van der Waals surface area contributed by atoms with Crippen molar-refractivity contribution >= 4 is 28.5 Å². The molecule has 0 aliphatic carbocycles. The molecule has 0 atom stereocenters. The summed E-state index contributed by atoms with van der Waals surface area (Å²) in [6, 6.07) is 17.3. The van der Waals surface area contributed by atoms with Crippen LogP contribution < -0.4 is 0 Å². The molecule has 0 aromatic heterocycles. The van der Waals surface area contributed by atoms with E-state index >= 15 is 0 Å². The first-order valence-corrected chi connectivity index (χ1v) is 8.66. The van der Waals surface area contributed by atoms with Crippen molar-refractivity contribution in [3.8, 4) is 11.1 Å². The van der Waals surface area contributed by atoms with Gasteiger partial charge in [0.05, 0.1) is 0 Å². The summed E-state index contributed by atoms with van der Waals surface area (Å²) < 4.78 is 0. The Morgan fingerprint density at radius 3 is 2.20 bits per heavy atom. The first-order chi connectivity index (χ1) is 12.1. The average molecular weight is 324 g/mol. The lowest BCUT2D eigenvalue weighted by Gasteiger charge is -2.18. The second-order valence-electron chi connectivity index (χ2n) is 6.33. The maximum Gasteiger partial charge on any atom is -0.00266 e. The second kappa shape index (κ2) is 6.94. The molecule has 0 nitrogen and oxygen atoms in total. The van der Waals surface area contributed by atoms with Crippen LogP contribution in [0.1, 0.15) is 36.1 Å². The highest BCUT2D eigenvalue weighted by Gasteiger charge is 2.15. The fraction of sp³-hybridized carbons (Fsp3) is 0.120. The summed E-state index contributed by atoms with van der Waals surface area (Å²) in [6.07, 6.45) is 6.06. The Labute approximate surface area is 150 Å². The van der Waals surface area contributed by atoms with Gasteiger partial charge in [0, 0.05) is 0 Å². The molecule has 0 fully saturated rings. The van der Waals surface area contributed by atoms with Crippen LogP contribution in [0, 0.1) is 6.92 Å². The largest absolute Gasteiger partial charge is 0.0984 e. The van der Waals surface area contributed by atoms with E-state index in [9.17, 15) is 0 Å². The maximum atomic E-state index is 4.09. The number of fused-ring (bicyclic) bond motifs is 1. The smallest absolute Gasteiger partial charge is 0.00266 e. The molecule has 25 heavy (non-hydrogen) atoms. The molecule has 0 heterocycles. The summed E-state index contributed by atoms with van der Waals surface area (Å²) in [4.78, 5) is 0. The van der Waals surface area contributed by atoms with E-state index < -0.39 is 0 Å². The number of hydrogen-bond acceptors (Lipinski definition) is 0. The molecule has 3 aromatic rings. The number of hydrogen-bond donors (Lipinski definition) is 0.